The summed E-state index contributed by atoms with van der Waals surface area (Å²) in [5.41, 5.74) is 4.90. The smallest absolute Gasteiger partial charge is 0.175 e. The SMILES string of the molecule is CCOc1ccc(NC(=S)Nc2ccc3c(c2)CCC3)cc1. The lowest BCUT2D eigenvalue weighted by molar-refractivity contribution is 0.340. The molecule has 0 spiro atoms. The van der Waals surface area contributed by atoms with E-state index < -0.39 is 0 Å². The van der Waals surface area contributed by atoms with Gasteiger partial charge in [-0.15, -0.1) is 0 Å². The molecule has 0 saturated heterocycles. The molecule has 22 heavy (non-hydrogen) atoms. The van der Waals surface area contributed by atoms with Gasteiger partial charge in [0.15, 0.2) is 5.11 Å². The predicted octanol–water partition coefficient (Wildman–Crippen LogP) is 4.38. The van der Waals surface area contributed by atoms with Crippen LogP contribution in [0.1, 0.15) is 24.5 Å². The van der Waals surface area contributed by atoms with E-state index >= 15 is 0 Å². The Bertz CT molecular complexity index is 667. The van der Waals surface area contributed by atoms with E-state index in [-0.39, 0.29) is 0 Å². The average molecular weight is 312 g/mol. The second-order valence-electron chi connectivity index (χ2n) is 5.37. The fraction of sp³-hybridized carbons (Fsp3) is 0.278. The largest absolute Gasteiger partial charge is 0.494 e. The van der Waals surface area contributed by atoms with Crippen LogP contribution in [0.4, 0.5) is 11.4 Å². The van der Waals surface area contributed by atoms with Crippen LogP contribution in [0.3, 0.4) is 0 Å². The van der Waals surface area contributed by atoms with E-state index in [2.05, 4.69) is 28.8 Å². The third-order valence-corrected chi connectivity index (χ3v) is 3.98. The summed E-state index contributed by atoms with van der Waals surface area (Å²) in [6, 6.07) is 14.3. The number of ether oxygens (including phenoxy) is 1. The van der Waals surface area contributed by atoms with Crippen molar-refractivity contribution in [1.82, 2.24) is 0 Å². The van der Waals surface area contributed by atoms with Crippen LogP contribution in [-0.2, 0) is 12.8 Å². The summed E-state index contributed by atoms with van der Waals surface area (Å²) in [4.78, 5) is 0. The zero-order valence-corrected chi connectivity index (χ0v) is 13.5. The second-order valence-corrected chi connectivity index (χ2v) is 5.78. The van der Waals surface area contributed by atoms with E-state index in [1.807, 2.05) is 31.2 Å². The summed E-state index contributed by atoms with van der Waals surface area (Å²) >= 11 is 5.38. The van der Waals surface area contributed by atoms with E-state index in [9.17, 15) is 0 Å². The molecule has 2 aromatic carbocycles. The van der Waals surface area contributed by atoms with E-state index in [4.69, 9.17) is 17.0 Å². The van der Waals surface area contributed by atoms with Crippen LogP contribution < -0.4 is 15.4 Å². The first kappa shape index (κ1) is 14.9. The van der Waals surface area contributed by atoms with Crippen LogP contribution in [0, 0.1) is 0 Å². The third kappa shape index (κ3) is 3.57. The van der Waals surface area contributed by atoms with Crippen molar-refractivity contribution in [3.05, 3.63) is 53.6 Å². The van der Waals surface area contributed by atoms with Crippen LogP contribution in [0.5, 0.6) is 5.75 Å². The van der Waals surface area contributed by atoms with Gasteiger partial charge in [-0.05, 0) is 85.9 Å². The monoisotopic (exact) mass is 312 g/mol. The molecular formula is C18H20N2OS. The highest BCUT2D eigenvalue weighted by atomic mass is 32.1. The Morgan fingerprint density at radius 2 is 1.68 bits per heavy atom. The van der Waals surface area contributed by atoms with Crippen molar-refractivity contribution >= 4 is 28.7 Å². The maximum absolute atomic E-state index is 5.43. The molecule has 3 nitrogen and oxygen atoms in total. The van der Waals surface area contributed by atoms with Gasteiger partial charge in [0.05, 0.1) is 6.61 Å². The van der Waals surface area contributed by atoms with Gasteiger partial charge in [0, 0.05) is 11.4 Å². The van der Waals surface area contributed by atoms with Crippen molar-refractivity contribution in [3.8, 4) is 5.75 Å². The molecule has 2 N–H and O–H groups in total. The Labute approximate surface area is 136 Å². The van der Waals surface area contributed by atoms with Gasteiger partial charge in [-0.3, -0.25) is 0 Å². The first-order valence-electron chi connectivity index (χ1n) is 7.67. The van der Waals surface area contributed by atoms with Gasteiger partial charge >= 0.3 is 0 Å². The minimum absolute atomic E-state index is 0.599. The molecule has 114 valence electrons. The minimum atomic E-state index is 0.599. The fourth-order valence-corrected chi connectivity index (χ4v) is 2.98. The van der Waals surface area contributed by atoms with Crippen molar-refractivity contribution in [1.29, 1.82) is 0 Å². The van der Waals surface area contributed by atoms with Gasteiger partial charge in [-0.25, -0.2) is 0 Å². The molecule has 4 heteroatoms. The van der Waals surface area contributed by atoms with Crippen LogP contribution in [0.15, 0.2) is 42.5 Å². The van der Waals surface area contributed by atoms with E-state index in [0.29, 0.717) is 11.7 Å². The standard InChI is InChI=1S/C18H20N2OS/c1-2-21-17-10-8-15(9-11-17)19-18(22)20-16-7-6-13-4-3-5-14(13)12-16/h6-12H,2-5H2,1H3,(H2,19,20,22). The molecule has 0 heterocycles. The molecule has 0 saturated carbocycles. The number of rotatable bonds is 4. The fourth-order valence-electron chi connectivity index (χ4n) is 2.74. The predicted molar refractivity (Wildman–Crippen MR) is 95.9 cm³/mol. The van der Waals surface area contributed by atoms with Crippen molar-refractivity contribution in [2.24, 2.45) is 0 Å². The quantitative estimate of drug-likeness (QED) is 0.821. The van der Waals surface area contributed by atoms with Gasteiger partial charge in [0.25, 0.3) is 0 Å². The molecule has 0 fully saturated rings. The highest BCUT2D eigenvalue weighted by Gasteiger charge is 2.11. The second kappa shape index (κ2) is 6.79. The van der Waals surface area contributed by atoms with Gasteiger partial charge in [0.1, 0.15) is 5.75 Å². The number of aryl methyl sites for hydroxylation is 2. The summed E-state index contributed by atoms with van der Waals surface area (Å²) in [6.07, 6.45) is 3.63. The number of hydrogen-bond donors (Lipinski definition) is 2. The molecule has 1 aliphatic carbocycles. The molecule has 0 aromatic heterocycles. The number of thiocarbonyl (C=S) groups is 1. The molecule has 0 amide bonds. The lowest BCUT2D eigenvalue weighted by atomic mass is 10.1. The molecule has 0 atom stereocenters. The van der Waals surface area contributed by atoms with Crippen LogP contribution >= 0.6 is 12.2 Å². The summed E-state index contributed by atoms with van der Waals surface area (Å²) in [7, 11) is 0. The van der Waals surface area contributed by atoms with E-state index in [0.717, 1.165) is 17.1 Å². The molecule has 1 aliphatic rings. The number of nitrogens with one attached hydrogen (secondary N) is 2. The van der Waals surface area contributed by atoms with Crippen molar-refractivity contribution in [2.45, 2.75) is 26.2 Å². The van der Waals surface area contributed by atoms with Gasteiger partial charge in [-0.2, -0.15) is 0 Å². The van der Waals surface area contributed by atoms with Crippen molar-refractivity contribution in [2.75, 3.05) is 17.2 Å². The molecule has 2 aromatic rings. The molecule has 0 aliphatic heterocycles. The lowest BCUT2D eigenvalue weighted by Crippen LogP contribution is -2.19. The number of benzene rings is 2. The highest BCUT2D eigenvalue weighted by Crippen LogP contribution is 2.25. The zero-order chi connectivity index (χ0) is 15.4. The summed E-state index contributed by atoms with van der Waals surface area (Å²) in [6.45, 7) is 2.65. The Morgan fingerprint density at radius 3 is 2.45 bits per heavy atom. The van der Waals surface area contributed by atoms with E-state index in [1.165, 1.54) is 30.4 Å². The molecule has 0 bridgehead atoms. The Balaban J connectivity index is 1.60. The zero-order valence-electron chi connectivity index (χ0n) is 12.7. The third-order valence-electron chi connectivity index (χ3n) is 3.78. The Hall–Kier alpha value is -2.07. The molecule has 0 unspecified atom stereocenters. The minimum Gasteiger partial charge on any atom is -0.494 e. The lowest BCUT2D eigenvalue weighted by Gasteiger charge is -2.12. The van der Waals surface area contributed by atoms with E-state index in [1.54, 1.807) is 0 Å². The van der Waals surface area contributed by atoms with Crippen LogP contribution in [0.25, 0.3) is 0 Å². The Morgan fingerprint density at radius 1 is 1.00 bits per heavy atom. The van der Waals surface area contributed by atoms with Gasteiger partial charge in [0.2, 0.25) is 0 Å². The topological polar surface area (TPSA) is 33.3 Å². The number of fused-ring (bicyclic) bond motifs is 1. The first-order valence-corrected chi connectivity index (χ1v) is 8.08. The first-order chi connectivity index (χ1) is 10.7. The summed E-state index contributed by atoms with van der Waals surface area (Å²) in [5.74, 6) is 0.866. The molecule has 0 radical (unpaired) electrons. The summed E-state index contributed by atoms with van der Waals surface area (Å²) in [5, 5.41) is 7.04. The number of hydrogen-bond acceptors (Lipinski definition) is 2. The van der Waals surface area contributed by atoms with Gasteiger partial charge in [-0.1, -0.05) is 6.07 Å². The van der Waals surface area contributed by atoms with Crippen molar-refractivity contribution < 1.29 is 4.74 Å². The molecule has 3 rings (SSSR count). The molecular weight excluding hydrogens is 292 g/mol. The summed E-state index contributed by atoms with van der Waals surface area (Å²) < 4.78 is 5.43. The van der Waals surface area contributed by atoms with Gasteiger partial charge < -0.3 is 15.4 Å². The Kier molecular flexibility index (Phi) is 4.59. The maximum Gasteiger partial charge on any atom is 0.175 e. The van der Waals surface area contributed by atoms with Crippen LogP contribution in [0.2, 0.25) is 0 Å². The van der Waals surface area contributed by atoms with Crippen molar-refractivity contribution in [3.63, 3.8) is 0 Å². The van der Waals surface area contributed by atoms with Crippen LogP contribution in [-0.4, -0.2) is 11.7 Å². The normalized spacial score (nSPS) is 12.6. The number of anilines is 2. The highest BCUT2D eigenvalue weighted by molar-refractivity contribution is 7.80. The maximum atomic E-state index is 5.43. The average Bonchev–Trinajstić information content (AvgIpc) is 2.97.